The van der Waals surface area contributed by atoms with Crippen LogP contribution in [0.25, 0.3) is 11.3 Å². The summed E-state index contributed by atoms with van der Waals surface area (Å²) in [6.07, 6.45) is 1.66. The molecule has 0 spiro atoms. The van der Waals surface area contributed by atoms with E-state index in [1.54, 1.807) is 18.3 Å². The van der Waals surface area contributed by atoms with Crippen LogP contribution in [0.3, 0.4) is 0 Å². The molecule has 0 aliphatic heterocycles. The van der Waals surface area contributed by atoms with Gasteiger partial charge >= 0.3 is 0 Å². The topological polar surface area (TPSA) is 136 Å². The van der Waals surface area contributed by atoms with Crippen LogP contribution < -0.4 is 10.5 Å². The number of carbonyl (C=O) groups is 1. The third kappa shape index (κ3) is 5.81. The molecule has 0 saturated heterocycles. The number of amides is 1. The molecule has 3 N–H and O–H groups in total. The van der Waals surface area contributed by atoms with Gasteiger partial charge in [-0.25, -0.2) is 18.2 Å². The highest BCUT2D eigenvalue weighted by atomic mass is 32.2. The Balaban J connectivity index is 1.71. The van der Waals surface area contributed by atoms with Crippen LogP contribution in [0.5, 0.6) is 0 Å². The van der Waals surface area contributed by atoms with Gasteiger partial charge in [0, 0.05) is 5.56 Å². The molecule has 0 bridgehead atoms. The molecule has 1 amide bonds. The number of nitrogens with one attached hydrogen (secondary N) is 1. The second kappa shape index (κ2) is 9.63. The van der Waals surface area contributed by atoms with Crippen LogP contribution in [0, 0.1) is 5.92 Å². The number of carbonyl (C=O) groups excluding carboxylic acids is 1. The first kappa shape index (κ1) is 23.6. The highest BCUT2D eigenvalue weighted by molar-refractivity contribution is 7.89. The van der Waals surface area contributed by atoms with Crippen LogP contribution in [0.2, 0.25) is 0 Å². The zero-order valence-electron chi connectivity index (χ0n) is 18.5. The zero-order chi connectivity index (χ0) is 23.5. The van der Waals surface area contributed by atoms with Gasteiger partial charge in [0.2, 0.25) is 15.9 Å². The molecular formula is C21H28N6O4S. The molecular weight excluding hydrogens is 432 g/mol. The van der Waals surface area contributed by atoms with Gasteiger partial charge in [0.15, 0.2) is 0 Å². The molecule has 2 aromatic heterocycles. The molecule has 3 aromatic rings. The first-order chi connectivity index (χ1) is 15.0. The van der Waals surface area contributed by atoms with Crippen LogP contribution in [-0.2, 0) is 27.9 Å². The van der Waals surface area contributed by atoms with Crippen LogP contribution in [-0.4, -0.2) is 48.3 Å². The van der Waals surface area contributed by atoms with Crippen molar-refractivity contribution in [3.05, 3.63) is 54.1 Å². The summed E-state index contributed by atoms with van der Waals surface area (Å²) in [5, 5.41) is 16.3. The average Bonchev–Trinajstić information content (AvgIpc) is 3.35. The molecule has 0 saturated carbocycles. The van der Waals surface area contributed by atoms with E-state index in [0.717, 1.165) is 5.76 Å². The lowest BCUT2D eigenvalue weighted by atomic mass is 10.0. The van der Waals surface area contributed by atoms with Crippen molar-refractivity contribution >= 4 is 15.9 Å². The predicted octanol–water partition coefficient (Wildman–Crippen LogP) is 1.76. The Morgan fingerprint density at radius 3 is 2.41 bits per heavy atom. The molecule has 0 fully saturated rings. The van der Waals surface area contributed by atoms with Crippen molar-refractivity contribution in [3.8, 4) is 11.3 Å². The molecule has 1 atom stereocenters. The number of hydrogen-bond acceptors (Lipinski definition) is 7. The van der Waals surface area contributed by atoms with E-state index in [9.17, 15) is 13.2 Å². The second-order valence-corrected chi connectivity index (χ2v) is 9.73. The smallest absolute Gasteiger partial charge is 0.245 e. The van der Waals surface area contributed by atoms with Gasteiger partial charge in [-0.3, -0.25) is 4.79 Å². The monoisotopic (exact) mass is 460 g/mol. The van der Waals surface area contributed by atoms with Gasteiger partial charge < -0.3 is 14.6 Å². The largest absolute Gasteiger partial charge is 0.463 e. The molecule has 0 aliphatic carbocycles. The first-order valence-corrected chi connectivity index (χ1v) is 11.6. The standard InChI is InChI=1S/C21H28N6O4S/c1-14(2)20(21(28)23-11-16-7-8-17(31-16)12-26(3)4)27-13-19(24-25-27)15-5-9-18(10-6-15)32(22,29)30/h5-10,13-14,20H,11-12H2,1-4H3,(H,23,28)(H2,22,29,30)/t20-/m0/s1. The normalized spacial score (nSPS) is 13.0. The van der Waals surface area contributed by atoms with Gasteiger partial charge in [-0.2, -0.15) is 0 Å². The minimum absolute atomic E-state index is 0.0136. The van der Waals surface area contributed by atoms with Gasteiger partial charge in [-0.15, -0.1) is 5.10 Å². The number of rotatable bonds is 9. The van der Waals surface area contributed by atoms with E-state index in [2.05, 4.69) is 15.6 Å². The molecule has 0 aliphatic rings. The Bertz CT molecular complexity index is 1170. The minimum Gasteiger partial charge on any atom is -0.463 e. The summed E-state index contributed by atoms with van der Waals surface area (Å²) in [6.45, 7) is 4.80. The van der Waals surface area contributed by atoms with E-state index in [4.69, 9.17) is 9.56 Å². The van der Waals surface area contributed by atoms with Crippen molar-refractivity contribution < 1.29 is 17.6 Å². The predicted molar refractivity (Wildman–Crippen MR) is 119 cm³/mol. The van der Waals surface area contributed by atoms with Gasteiger partial charge in [0.1, 0.15) is 23.3 Å². The molecule has 172 valence electrons. The lowest BCUT2D eigenvalue weighted by molar-refractivity contribution is -0.126. The summed E-state index contributed by atoms with van der Waals surface area (Å²) in [4.78, 5) is 14.9. The summed E-state index contributed by atoms with van der Waals surface area (Å²) < 4.78 is 30.1. The number of nitrogens with two attached hydrogens (primary N) is 1. The quantitative estimate of drug-likeness (QED) is 0.496. The van der Waals surface area contributed by atoms with Gasteiger partial charge in [-0.05, 0) is 44.3 Å². The summed E-state index contributed by atoms with van der Waals surface area (Å²) in [7, 11) is 0.142. The number of nitrogens with zero attached hydrogens (tertiary/aromatic N) is 4. The molecule has 11 heteroatoms. The summed E-state index contributed by atoms with van der Waals surface area (Å²) in [5.74, 6) is 1.25. The third-order valence-corrected chi connectivity index (χ3v) is 5.73. The maximum atomic E-state index is 12.9. The van der Waals surface area contributed by atoms with Gasteiger partial charge in [-0.1, -0.05) is 31.2 Å². The van der Waals surface area contributed by atoms with Gasteiger partial charge in [0.05, 0.1) is 24.2 Å². The van der Waals surface area contributed by atoms with Crippen LogP contribution in [0.4, 0.5) is 0 Å². The number of aromatic nitrogens is 3. The fourth-order valence-corrected chi connectivity index (χ4v) is 3.80. The van der Waals surface area contributed by atoms with Crippen molar-refractivity contribution in [2.75, 3.05) is 14.1 Å². The number of primary sulfonamides is 1. The van der Waals surface area contributed by atoms with Crippen molar-refractivity contribution in [3.63, 3.8) is 0 Å². The Morgan fingerprint density at radius 1 is 1.16 bits per heavy atom. The van der Waals surface area contributed by atoms with E-state index in [1.807, 2.05) is 45.0 Å². The number of benzene rings is 1. The molecule has 1 aromatic carbocycles. The zero-order valence-corrected chi connectivity index (χ0v) is 19.3. The molecule has 0 unspecified atom stereocenters. The number of furan rings is 1. The van der Waals surface area contributed by atoms with E-state index in [1.165, 1.54) is 16.8 Å². The minimum atomic E-state index is -3.77. The summed E-state index contributed by atoms with van der Waals surface area (Å²) in [5.41, 5.74) is 1.18. The maximum Gasteiger partial charge on any atom is 0.245 e. The van der Waals surface area contributed by atoms with E-state index < -0.39 is 16.1 Å². The molecule has 32 heavy (non-hydrogen) atoms. The fourth-order valence-electron chi connectivity index (χ4n) is 3.28. The maximum absolute atomic E-state index is 12.9. The number of hydrogen-bond donors (Lipinski definition) is 2. The third-order valence-electron chi connectivity index (χ3n) is 4.80. The van der Waals surface area contributed by atoms with E-state index in [-0.39, 0.29) is 23.3 Å². The first-order valence-electron chi connectivity index (χ1n) is 10.1. The fraction of sp³-hybridized carbons (Fsp3) is 0.381. The Hall–Kier alpha value is -3.02. The Kier molecular flexibility index (Phi) is 7.12. The Morgan fingerprint density at radius 2 is 1.81 bits per heavy atom. The van der Waals surface area contributed by atoms with Crippen molar-refractivity contribution in [2.45, 2.75) is 37.9 Å². The lowest BCUT2D eigenvalue weighted by Crippen LogP contribution is -2.35. The van der Waals surface area contributed by atoms with Crippen molar-refractivity contribution in [2.24, 2.45) is 11.1 Å². The molecule has 3 rings (SSSR count). The average molecular weight is 461 g/mol. The second-order valence-electron chi connectivity index (χ2n) is 8.17. The summed E-state index contributed by atoms with van der Waals surface area (Å²) >= 11 is 0. The molecule has 10 nitrogen and oxygen atoms in total. The highest BCUT2D eigenvalue weighted by Crippen LogP contribution is 2.23. The SMILES string of the molecule is CC(C)[C@@H](C(=O)NCc1ccc(CN(C)C)o1)n1cc(-c2ccc(S(N)(=O)=O)cc2)nn1. The highest BCUT2D eigenvalue weighted by Gasteiger charge is 2.26. The summed E-state index contributed by atoms with van der Waals surface area (Å²) in [6, 6.07) is 9.18. The lowest BCUT2D eigenvalue weighted by Gasteiger charge is -2.19. The van der Waals surface area contributed by atoms with Crippen LogP contribution >= 0.6 is 0 Å². The van der Waals surface area contributed by atoms with Crippen LogP contribution in [0.15, 0.2) is 51.9 Å². The van der Waals surface area contributed by atoms with Crippen molar-refractivity contribution in [1.82, 2.24) is 25.2 Å². The van der Waals surface area contributed by atoms with E-state index in [0.29, 0.717) is 23.6 Å². The van der Waals surface area contributed by atoms with Crippen LogP contribution in [0.1, 0.15) is 31.4 Å². The Labute approximate surface area is 187 Å². The molecule has 0 radical (unpaired) electrons. The van der Waals surface area contributed by atoms with E-state index >= 15 is 0 Å². The number of sulfonamides is 1. The molecule has 2 heterocycles. The van der Waals surface area contributed by atoms with Crippen molar-refractivity contribution in [1.29, 1.82) is 0 Å². The van der Waals surface area contributed by atoms with Gasteiger partial charge in [0.25, 0.3) is 0 Å².